The predicted molar refractivity (Wildman–Crippen MR) is 44.2 cm³/mol. The molecule has 0 aliphatic rings. The lowest BCUT2D eigenvalue weighted by molar-refractivity contribution is 0.898. The number of thiocarbonyl (C=S) groups is 1. The van der Waals surface area contributed by atoms with E-state index in [-0.39, 0.29) is 0 Å². The maximum Gasteiger partial charge on any atom is 0.131 e. The Morgan fingerprint density at radius 2 is 2.38 bits per heavy atom. The fourth-order valence-corrected chi connectivity index (χ4v) is 1.20. The van der Waals surface area contributed by atoms with Crippen molar-refractivity contribution in [1.82, 2.24) is 0 Å². The van der Waals surface area contributed by atoms with Crippen LogP contribution in [0.25, 0.3) is 0 Å². The van der Waals surface area contributed by atoms with E-state index < -0.39 is 0 Å². The number of rotatable bonds is 3. The summed E-state index contributed by atoms with van der Waals surface area (Å²) in [7, 11) is 0. The molecule has 1 nitrogen and oxygen atoms in total. The van der Waals surface area contributed by atoms with Gasteiger partial charge in [0.2, 0.25) is 0 Å². The van der Waals surface area contributed by atoms with Gasteiger partial charge in [0.15, 0.2) is 0 Å². The zero-order valence-corrected chi connectivity index (χ0v) is 6.65. The molecule has 2 N–H and O–H groups in total. The summed E-state index contributed by atoms with van der Waals surface area (Å²) in [5, 5.41) is 0. The highest BCUT2D eigenvalue weighted by Crippen LogP contribution is 2.02. The standard InChI is InChI=1S/C5H11NS2/c1-2-3-4-8-5(6)7/h2-4H2,1H3,(H2,6,7). The number of thioether (sulfide) groups is 1. The van der Waals surface area contributed by atoms with Gasteiger partial charge in [-0.1, -0.05) is 37.3 Å². The first kappa shape index (κ1) is 8.24. The minimum absolute atomic E-state index is 0.568. The fraction of sp³-hybridized carbons (Fsp3) is 0.800. The molecule has 0 spiro atoms. The predicted octanol–water partition coefficient (Wildman–Crippen LogP) is 1.76. The van der Waals surface area contributed by atoms with E-state index in [2.05, 4.69) is 19.1 Å². The largest absolute Gasteiger partial charge is 0.385 e. The molecular weight excluding hydrogens is 138 g/mol. The second-order valence-electron chi connectivity index (χ2n) is 1.52. The monoisotopic (exact) mass is 149 g/mol. The first-order valence-electron chi connectivity index (χ1n) is 2.69. The zero-order chi connectivity index (χ0) is 6.41. The average Bonchev–Trinajstić information content (AvgIpc) is 1.66. The van der Waals surface area contributed by atoms with Crippen molar-refractivity contribution >= 4 is 28.3 Å². The first-order chi connectivity index (χ1) is 3.77. The van der Waals surface area contributed by atoms with E-state index in [0.29, 0.717) is 4.32 Å². The number of unbranched alkanes of at least 4 members (excludes halogenated alkanes) is 1. The summed E-state index contributed by atoms with van der Waals surface area (Å²) in [6.45, 7) is 2.15. The molecule has 0 aromatic rings. The van der Waals surface area contributed by atoms with Gasteiger partial charge in [-0.15, -0.1) is 0 Å². The molecule has 0 saturated heterocycles. The molecule has 0 amide bonds. The van der Waals surface area contributed by atoms with Crippen LogP contribution in [0.4, 0.5) is 0 Å². The van der Waals surface area contributed by atoms with E-state index in [1.54, 1.807) is 11.8 Å². The molecule has 0 unspecified atom stereocenters. The molecule has 0 fully saturated rings. The van der Waals surface area contributed by atoms with Crippen molar-refractivity contribution in [2.45, 2.75) is 19.8 Å². The van der Waals surface area contributed by atoms with Crippen LogP contribution in [-0.2, 0) is 0 Å². The smallest absolute Gasteiger partial charge is 0.131 e. The van der Waals surface area contributed by atoms with Gasteiger partial charge in [-0.25, -0.2) is 0 Å². The van der Waals surface area contributed by atoms with Crippen molar-refractivity contribution in [3.8, 4) is 0 Å². The quantitative estimate of drug-likeness (QED) is 0.489. The molecule has 0 aromatic heterocycles. The van der Waals surface area contributed by atoms with Crippen LogP contribution in [0, 0.1) is 0 Å². The normalized spacial score (nSPS) is 9.12. The van der Waals surface area contributed by atoms with Crippen LogP contribution < -0.4 is 5.73 Å². The van der Waals surface area contributed by atoms with Crippen LogP contribution in [0.3, 0.4) is 0 Å². The molecule has 0 saturated carbocycles. The van der Waals surface area contributed by atoms with E-state index in [1.807, 2.05) is 0 Å². The van der Waals surface area contributed by atoms with Crippen LogP contribution in [0.5, 0.6) is 0 Å². The third-order valence-corrected chi connectivity index (χ3v) is 1.87. The summed E-state index contributed by atoms with van der Waals surface area (Å²) < 4.78 is 0.568. The van der Waals surface area contributed by atoms with Crippen molar-refractivity contribution < 1.29 is 0 Å². The summed E-state index contributed by atoms with van der Waals surface area (Å²) >= 11 is 6.21. The Labute approximate surface area is 60.0 Å². The minimum Gasteiger partial charge on any atom is -0.385 e. The summed E-state index contributed by atoms with van der Waals surface area (Å²) in [4.78, 5) is 0. The maximum atomic E-state index is 5.23. The van der Waals surface area contributed by atoms with E-state index in [1.165, 1.54) is 12.8 Å². The van der Waals surface area contributed by atoms with Gasteiger partial charge in [0.25, 0.3) is 0 Å². The first-order valence-corrected chi connectivity index (χ1v) is 4.09. The Balaban J connectivity index is 2.82. The Kier molecular flexibility index (Phi) is 5.54. The molecule has 48 valence electrons. The van der Waals surface area contributed by atoms with Gasteiger partial charge < -0.3 is 5.73 Å². The van der Waals surface area contributed by atoms with E-state index in [9.17, 15) is 0 Å². The molecule has 0 heterocycles. The van der Waals surface area contributed by atoms with Crippen LogP contribution in [0.15, 0.2) is 0 Å². The van der Waals surface area contributed by atoms with Crippen molar-refractivity contribution in [3.05, 3.63) is 0 Å². The van der Waals surface area contributed by atoms with Crippen molar-refractivity contribution in [3.63, 3.8) is 0 Å². The maximum absolute atomic E-state index is 5.23. The average molecular weight is 149 g/mol. The number of hydrogen-bond donors (Lipinski definition) is 1. The summed E-state index contributed by atoms with van der Waals surface area (Å²) in [5.74, 6) is 1.08. The van der Waals surface area contributed by atoms with Crippen molar-refractivity contribution in [2.24, 2.45) is 5.73 Å². The lowest BCUT2D eigenvalue weighted by Gasteiger charge is -1.93. The van der Waals surface area contributed by atoms with Crippen LogP contribution in [-0.4, -0.2) is 10.1 Å². The van der Waals surface area contributed by atoms with Gasteiger partial charge in [0.1, 0.15) is 4.32 Å². The molecule has 0 aliphatic carbocycles. The van der Waals surface area contributed by atoms with E-state index in [0.717, 1.165) is 5.75 Å². The van der Waals surface area contributed by atoms with E-state index in [4.69, 9.17) is 5.73 Å². The molecule has 0 atom stereocenters. The SMILES string of the molecule is CCCCSC(N)=S. The van der Waals surface area contributed by atoms with Gasteiger partial charge in [-0.3, -0.25) is 0 Å². The van der Waals surface area contributed by atoms with Gasteiger partial charge >= 0.3 is 0 Å². The lowest BCUT2D eigenvalue weighted by Crippen LogP contribution is -2.02. The Morgan fingerprint density at radius 3 is 2.75 bits per heavy atom. The van der Waals surface area contributed by atoms with Crippen molar-refractivity contribution in [1.29, 1.82) is 0 Å². The van der Waals surface area contributed by atoms with Crippen LogP contribution in [0.2, 0.25) is 0 Å². The lowest BCUT2D eigenvalue weighted by atomic mass is 10.4. The molecular formula is C5H11NS2. The number of hydrogen-bond acceptors (Lipinski definition) is 2. The number of nitrogens with two attached hydrogens (primary N) is 1. The highest BCUT2D eigenvalue weighted by Gasteiger charge is 1.86. The zero-order valence-electron chi connectivity index (χ0n) is 5.02. The molecule has 0 rings (SSSR count). The fourth-order valence-electron chi connectivity index (χ4n) is 0.317. The van der Waals surface area contributed by atoms with Gasteiger partial charge in [0, 0.05) is 5.75 Å². The second kappa shape index (κ2) is 5.38. The van der Waals surface area contributed by atoms with Crippen molar-refractivity contribution in [2.75, 3.05) is 5.75 Å². The van der Waals surface area contributed by atoms with E-state index >= 15 is 0 Å². The summed E-state index contributed by atoms with van der Waals surface area (Å²) in [6.07, 6.45) is 2.43. The Morgan fingerprint density at radius 1 is 1.75 bits per heavy atom. The molecule has 0 bridgehead atoms. The molecule has 0 radical (unpaired) electrons. The molecule has 0 aliphatic heterocycles. The molecule has 8 heavy (non-hydrogen) atoms. The Bertz CT molecular complexity index is 72.8. The topological polar surface area (TPSA) is 26.0 Å². The van der Waals surface area contributed by atoms with Crippen LogP contribution in [0.1, 0.15) is 19.8 Å². The summed E-state index contributed by atoms with van der Waals surface area (Å²) in [6, 6.07) is 0. The highest BCUT2D eigenvalue weighted by molar-refractivity contribution is 8.22. The molecule has 3 heteroatoms. The van der Waals surface area contributed by atoms with Crippen LogP contribution >= 0.6 is 24.0 Å². The Hall–Kier alpha value is 0.240. The highest BCUT2D eigenvalue weighted by atomic mass is 32.2. The molecule has 0 aromatic carbocycles. The van der Waals surface area contributed by atoms with Gasteiger partial charge in [-0.2, -0.15) is 0 Å². The van der Waals surface area contributed by atoms with Gasteiger partial charge in [0.05, 0.1) is 0 Å². The third-order valence-electron chi connectivity index (χ3n) is 0.742. The second-order valence-corrected chi connectivity index (χ2v) is 3.36. The van der Waals surface area contributed by atoms with Gasteiger partial charge in [-0.05, 0) is 6.42 Å². The summed E-state index contributed by atoms with van der Waals surface area (Å²) in [5.41, 5.74) is 5.23. The third kappa shape index (κ3) is 6.24. The minimum atomic E-state index is 0.568.